The van der Waals surface area contributed by atoms with Gasteiger partial charge in [-0.05, 0) is 43.2 Å². The van der Waals surface area contributed by atoms with Crippen molar-refractivity contribution in [2.75, 3.05) is 19.7 Å². The molecule has 3 N–H and O–H groups in total. The fourth-order valence-corrected chi connectivity index (χ4v) is 4.08. The molecule has 200 valence electrons. The fourth-order valence-electron chi connectivity index (χ4n) is 4.08. The Hall–Kier alpha value is -3.54. The second-order valence-corrected chi connectivity index (χ2v) is 8.86. The highest BCUT2D eigenvalue weighted by atomic mass is 19.4. The molecule has 3 rings (SSSR count). The number of nitrogens with two attached hydrogens (primary N) is 1. The Balaban J connectivity index is 1.87. The first-order chi connectivity index (χ1) is 17.1. The van der Waals surface area contributed by atoms with E-state index in [4.69, 9.17) is 10.5 Å². The summed E-state index contributed by atoms with van der Waals surface area (Å²) in [7, 11) is 0. The lowest BCUT2D eigenvalue weighted by molar-refractivity contribution is -0.143. The fraction of sp³-hybridized carbons (Fsp3) is 0.360. The van der Waals surface area contributed by atoms with Crippen LogP contribution in [0.15, 0.2) is 59.8 Å². The summed E-state index contributed by atoms with van der Waals surface area (Å²) in [6, 6.07) is 9.26. The van der Waals surface area contributed by atoms with Gasteiger partial charge in [-0.3, -0.25) is 4.79 Å². The van der Waals surface area contributed by atoms with Gasteiger partial charge in [-0.1, -0.05) is 30.3 Å². The maximum Gasteiger partial charge on any atom is 0.416 e. The number of hydrogen-bond acceptors (Lipinski definition) is 4. The maximum atomic E-state index is 13.2. The Bertz CT molecular complexity index is 1160. The molecule has 0 spiro atoms. The number of carbonyl (C=O) groups is 2. The van der Waals surface area contributed by atoms with E-state index in [1.165, 1.54) is 18.7 Å². The number of allylic oxidation sites excluding steroid dienone is 1. The van der Waals surface area contributed by atoms with Crippen LogP contribution in [0.1, 0.15) is 36.1 Å². The molecule has 1 fully saturated rings. The number of hydrogen-bond donors (Lipinski definition) is 2. The molecule has 0 bridgehead atoms. The molecule has 1 atom stereocenters. The predicted molar refractivity (Wildman–Crippen MR) is 122 cm³/mol. The topological polar surface area (TPSA) is 84.7 Å². The number of amides is 2. The third-order valence-corrected chi connectivity index (χ3v) is 5.94. The van der Waals surface area contributed by atoms with Crippen molar-refractivity contribution in [2.24, 2.45) is 5.73 Å². The van der Waals surface area contributed by atoms with E-state index in [0.717, 1.165) is 0 Å². The van der Waals surface area contributed by atoms with Crippen molar-refractivity contribution in [1.82, 2.24) is 10.2 Å². The molecule has 0 saturated carbocycles. The number of carbonyl (C=O) groups excluding carboxylic acids is 2. The second-order valence-electron chi connectivity index (χ2n) is 8.86. The van der Waals surface area contributed by atoms with Gasteiger partial charge in [0.05, 0.1) is 37.4 Å². The van der Waals surface area contributed by atoms with Gasteiger partial charge in [0.2, 0.25) is 0 Å². The number of alkyl halides is 6. The molecule has 1 aliphatic heterocycles. The highest BCUT2D eigenvalue weighted by molar-refractivity contribution is 5.95. The second kappa shape index (κ2) is 10.4. The molecule has 1 unspecified atom stereocenters. The highest BCUT2D eigenvalue weighted by Gasteiger charge is 2.45. The van der Waals surface area contributed by atoms with E-state index >= 15 is 0 Å². The van der Waals surface area contributed by atoms with Crippen LogP contribution >= 0.6 is 0 Å². The number of nitrogens with zero attached hydrogens (tertiary/aromatic N) is 1. The highest BCUT2D eigenvalue weighted by Crippen LogP contribution is 2.37. The molecule has 6 nitrogen and oxygen atoms in total. The molecular formula is C25H25F6N3O3. The number of halogens is 6. The SMILES string of the molecule is CC(=O)C(CN1CC(COCc2cc(C(F)(F)F)cc(C(F)(F)F)c2)(c2ccccc2)NC1=O)=C(C)N. The lowest BCUT2D eigenvalue weighted by Crippen LogP contribution is -2.44. The number of ketones is 1. The van der Waals surface area contributed by atoms with Crippen LogP contribution in [0.25, 0.3) is 0 Å². The van der Waals surface area contributed by atoms with Gasteiger partial charge in [0.1, 0.15) is 5.54 Å². The Labute approximate surface area is 209 Å². The standard InChI is InChI=1S/C25H25F6N3O3/c1-15(32)21(16(2)35)11-34-13-23(33-22(34)36,18-6-4-3-5-7-18)14-37-12-17-8-19(24(26,27)28)10-20(9-17)25(29,30)31/h3-10H,11-14,32H2,1-2H3,(H,33,36). The Kier molecular flexibility index (Phi) is 7.91. The predicted octanol–water partition coefficient (Wildman–Crippen LogP) is 4.98. The van der Waals surface area contributed by atoms with Gasteiger partial charge in [0, 0.05) is 11.3 Å². The lowest BCUT2D eigenvalue weighted by Gasteiger charge is -2.29. The van der Waals surface area contributed by atoms with Gasteiger partial charge in [-0.15, -0.1) is 0 Å². The summed E-state index contributed by atoms with van der Waals surface area (Å²) in [6.07, 6.45) is -9.96. The molecule has 1 aliphatic rings. The largest absolute Gasteiger partial charge is 0.416 e. The monoisotopic (exact) mass is 529 g/mol. The average molecular weight is 529 g/mol. The summed E-state index contributed by atoms with van der Waals surface area (Å²) in [5.41, 5.74) is 2.48. The van der Waals surface area contributed by atoms with E-state index in [9.17, 15) is 35.9 Å². The van der Waals surface area contributed by atoms with Crippen LogP contribution in [0.5, 0.6) is 0 Å². The van der Waals surface area contributed by atoms with Crippen molar-refractivity contribution in [1.29, 1.82) is 0 Å². The summed E-state index contributed by atoms with van der Waals surface area (Å²) in [6.45, 7) is 1.94. The smallest absolute Gasteiger partial charge is 0.402 e. The molecule has 12 heteroatoms. The maximum absolute atomic E-state index is 13.2. The van der Waals surface area contributed by atoms with Crippen molar-refractivity contribution >= 4 is 11.8 Å². The molecular weight excluding hydrogens is 504 g/mol. The van der Waals surface area contributed by atoms with Gasteiger partial charge < -0.3 is 20.7 Å². The number of Topliss-reactive ketones (excluding diaryl/α,β-unsaturated/α-hetero) is 1. The third-order valence-electron chi connectivity index (χ3n) is 5.94. The van der Waals surface area contributed by atoms with Crippen molar-refractivity contribution < 1.29 is 40.7 Å². The summed E-state index contributed by atoms with van der Waals surface area (Å²) >= 11 is 0. The molecule has 37 heavy (non-hydrogen) atoms. The minimum atomic E-state index is -4.98. The minimum Gasteiger partial charge on any atom is -0.402 e. The summed E-state index contributed by atoms with van der Waals surface area (Å²) in [5, 5.41) is 2.80. The summed E-state index contributed by atoms with van der Waals surface area (Å²) in [4.78, 5) is 26.1. The molecule has 0 aliphatic carbocycles. The zero-order valence-electron chi connectivity index (χ0n) is 20.0. The number of urea groups is 1. The Morgan fingerprint density at radius 3 is 2.08 bits per heavy atom. The summed E-state index contributed by atoms with van der Waals surface area (Å²) < 4.78 is 84.8. The molecule has 2 amide bonds. The van der Waals surface area contributed by atoms with Crippen molar-refractivity contribution in [3.63, 3.8) is 0 Å². The van der Waals surface area contributed by atoms with E-state index in [1.54, 1.807) is 30.3 Å². The van der Waals surface area contributed by atoms with Crippen LogP contribution in [0.4, 0.5) is 31.1 Å². The van der Waals surface area contributed by atoms with Gasteiger partial charge >= 0.3 is 18.4 Å². The number of ether oxygens (including phenoxy) is 1. The van der Waals surface area contributed by atoms with E-state index in [1.807, 2.05) is 0 Å². The summed E-state index contributed by atoms with van der Waals surface area (Å²) in [5.74, 6) is -0.314. The van der Waals surface area contributed by atoms with Crippen LogP contribution in [-0.4, -0.2) is 36.4 Å². The van der Waals surface area contributed by atoms with Crippen molar-refractivity contribution in [3.05, 3.63) is 82.1 Å². The molecule has 0 aromatic heterocycles. The van der Waals surface area contributed by atoms with Gasteiger partial charge in [0.25, 0.3) is 0 Å². The zero-order valence-corrected chi connectivity index (χ0v) is 20.0. The van der Waals surface area contributed by atoms with Gasteiger partial charge in [-0.25, -0.2) is 4.79 Å². The zero-order chi connectivity index (χ0) is 27.6. The first-order valence-corrected chi connectivity index (χ1v) is 11.1. The van der Waals surface area contributed by atoms with Crippen LogP contribution < -0.4 is 11.1 Å². The van der Waals surface area contributed by atoms with E-state index in [2.05, 4.69) is 5.32 Å². The van der Waals surface area contributed by atoms with E-state index in [-0.39, 0.29) is 48.4 Å². The number of nitrogens with one attached hydrogen (secondary N) is 1. The van der Waals surface area contributed by atoms with Crippen LogP contribution in [-0.2, 0) is 34.0 Å². The van der Waals surface area contributed by atoms with Crippen molar-refractivity contribution in [2.45, 2.75) is 38.3 Å². The Morgan fingerprint density at radius 2 is 1.59 bits per heavy atom. The van der Waals surface area contributed by atoms with Gasteiger partial charge in [-0.2, -0.15) is 26.3 Å². The Morgan fingerprint density at radius 1 is 1.03 bits per heavy atom. The molecule has 1 heterocycles. The minimum absolute atomic E-state index is 0.0102. The number of benzene rings is 2. The van der Waals surface area contributed by atoms with Crippen molar-refractivity contribution in [3.8, 4) is 0 Å². The lowest BCUT2D eigenvalue weighted by atomic mass is 9.91. The molecule has 0 radical (unpaired) electrons. The molecule has 1 saturated heterocycles. The van der Waals surface area contributed by atoms with Crippen LogP contribution in [0.3, 0.4) is 0 Å². The first-order valence-electron chi connectivity index (χ1n) is 11.1. The quantitative estimate of drug-likeness (QED) is 0.373. The van der Waals surface area contributed by atoms with Crippen LogP contribution in [0.2, 0.25) is 0 Å². The van der Waals surface area contributed by atoms with Gasteiger partial charge in [0.15, 0.2) is 5.78 Å². The molecule has 2 aromatic rings. The normalized spacial score (nSPS) is 19.0. The van der Waals surface area contributed by atoms with E-state index < -0.39 is 41.7 Å². The third kappa shape index (κ3) is 6.62. The average Bonchev–Trinajstić information content (AvgIpc) is 3.12. The first kappa shape index (κ1) is 28.0. The molecule has 2 aromatic carbocycles. The number of rotatable bonds is 8. The van der Waals surface area contributed by atoms with E-state index in [0.29, 0.717) is 17.7 Å². The van der Waals surface area contributed by atoms with Crippen LogP contribution in [0, 0.1) is 0 Å².